The molecule has 2 atom stereocenters. The van der Waals surface area contributed by atoms with E-state index >= 15 is 0 Å². The molecule has 6 nitrogen and oxygen atoms in total. The van der Waals surface area contributed by atoms with Crippen LogP contribution in [0.2, 0.25) is 0 Å². The molecule has 32 heavy (non-hydrogen) atoms. The van der Waals surface area contributed by atoms with Gasteiger partial charge in [-0.2, -0.15) is 0 Å². The average Bonchev–Trinajstić information content (AvgIpc) is 3.30. The Kier molecular flexibility index (Phi) is 8.06. The summed E-state index contributed by atoms with van der Waals surface area (Å²) in [6, 6.07) is 4.40. The molecule has 2 saturated heterocycles. The number of likely N-dealkylation sites (tertiary alicyclic amines) is 2. The molecule has 0 spiro atoms. The van der Waals surface area contributed by atoms with Gasteiger partial charge in [0.05, 0.1) is 0 Å². The Bertz CT molecular complexity index is 788. The van der Waals surface area contributed by atoms with Crippen molar-refractivity contribution in [3.63, 3.8) is 0 Å². The minimum atomic E-state index is 0.840. The second kappa shape index (κ2) is 11.0. The number of nitrogens with zero attached hydrogens (tertiary/aromatic N) is 6. The highest BCUT2D eigenvalue weighted by Crippen LogP contribution is 2.19. The van der Waals surface area contributed by atoms with Crippen molar-refractivity contribution in [2.45, 2.75) is 79.1 Å². The first-order valence-electron chi connectivity index (χ1n) is 13.0. The molecule has 2 aromatic rings. The summed E-state index contributed by atoms with van der Waals surface area (Å²) < 4.78 is 4.64. The van der Waals surface area contributed by atoms with E-state index < -0.39 is 0 Å². The van der Waals surface area contributed by atoms with Crippen LogP contribution < -0.4 is 0 Å². The quantitative estimate of drug-likeness (QED) is 0.582. The van der Waals surface area contributed by atoms with Gasteiger partial charge in [-0.15, -0.1) is 10.2 Å². The average molecular weight is 441 g/mol. The van der Waals surface area contributed by atoms with Gasteiger partial charge in [0.1, 0.15) is 0 Å². The third-order valence-corrected chi connectivity index (χ3v) is 7.44. The minimum absolute atomic E-state index is 0.840. The van der Waals surface area contributed by atoms with Gasteiger partial charge in [-0.25, -0.2) is 4.68 Å². The van der Waals surface area contributed by atoms with Crippen LogP contribution >= 0.6 is 0 Å². The fourth-order valence-electron chi connectivity index (χ4n) is 5.77. The molecule has 2 aliphatic heterocycles. The molecule has 178 valence electrons. The fraction of sp³-hybridized carbons (Fsp3) is 0.769. The summed E-state index contributed by atoms with van der Waals surface area (Å²) in [5.41, 5.74) is 2.50. The molecule has 0 saturated carbocycles. The molecular formula is C26H44N6. The van der Waals surface area contributed by atoms with Crippen LogP contribution in [-0.2, 0) is 12.8 Å². The first kappa shape index (κ1) is 23.5. The van der Waals surface area contributed by atoms with E-state index in [9.17, 15) is 0 Å². The second-order valence-electron chi connectivity index (χ2n) is 10.6. The molecule has 0 N–H and O–H groups in total. The van der Waals surface area contributed by atoms with Crippen molar-refractivity contribution in [3.8, 4) is 0 Å². The summed E-state index contributed by atoms with van der Waals surface area (Å²) in [6.45, 7) is 16.5. The van der Waals surface area contributed by atoms with Crippen LogP contribution in [0.25, 0.3) is 0 Å². The molecule has 0 radical (unpaired) electrons. The van der Waals surface area contributed by atoms with Gasteiger partial charge in [0.2, 0.25) is 0 Å². The molecule has 0 aliphatic carbocycles. The Labute approximate surface area is 195 Å². The maximum atomic E-state index is 4.69. The number of aromatic nitrogens is 4. The minimum Gasteiger partial charge on any atom is -0.303 e. The number of rotatable bonds is 9. The van der Waals surface area contributed by atoms with Crippen LogP contribution in [0.15, 0.2) is 12.1 Å². The first-order valence-corrected chi connectivity index (χ1v) is 13.0. The standard InChI is InChI=1S/C26H44N6/c1-21-9-5-15-29(19-21)17-7-11-25-27-28-26(32(25)31-23(3)13-14-24(31)4)12-8-18-30-16-6-10-22(2)20-30/h13-14,21-22H,5-12,15-20H2,1-4H3/t21-,22-/m0/s1. The Hall–Kier alpha value is -1.66. The Morgan fingerprint density at radius 2 is 1.22 bits per heavy atom. The van der Waals surface area contributed by atoms with Crippen molar-refractivity contribution in [2.75, 3.05) is 39.3 Å². The molecule has 2 aliphatic rings. The van der Waals surface area contributed by atoms with Crippen molar-refractivity contribution in [3.05, 3.63) is 35.2 Å². The normalized spacial score (nSPS) is 23.1. The maximum Gasteiger partial charge on any atom is 0.153 e. The molecule has 2 fully saturated rings. The van der Waals surface area contributed by atoms with Gasteiger partial charge in [0, 0.05) is 37.3 Å². The van der Waals surface area contributed by atoms with Crippen LogP contribution in [0, 0.1) is 25.7 Å². The summed E-state index contributed by atoms with van der Waals surface area (Å²) in [5, 5.41) is 9.38. The zero-order valence-electron chi connectivity index (χ0n) is 20.9. The molecule has 0 unspecified atom stereocenters. The number of aryl methyl sites for hydroxylation is 4. The molecule has 6 heteroatoms. The van der Waals surface area contributed by atoms with E-state index in [1.54, 1.807) is 0 Å². The highest BCUT2D eigenvalue weighted by Gasteiger charge is 2.20. The van der Waals surface area contributed by atoms with E-state index in [4.69, 9.17) is 0 Å². The second-order valence-corrected chi connectivity index (χ2v) is 10.6. The van der Waals surface area contributed by atoms with Gasteiger partial charge in [0.15, 0.2) is 11.6 Å². The zero-order valence-corrected chi connectivity index (χ0v) is 20.9. The van der Waals surface area contributed by atoms with Crippen molar-refractivity contribution in [1.82, 2.24) is 29.3 Å². The lowest BCUT2D eigenvalue weighted by Gasteiger charge is -2.30. The first-order chi connectivity index (χ1) is 15.5. The van der Waals surface area contributed by atoms with Crippen molar-refractivity contribution in [2.24, 2.45) is 11.8 Å². The number of hydrogen-bond donors (Lipinski definition) is 0. The van der Waals surface area contributed by atoms with Crippen LogP contribution in [0.5, 0.6) is 0 Å². The van der Waals surface area contributed by atoms with Crippen LogP contribution in [-0.4, -0.2) is 68.6 Å². The van der Waals surface area contributed by atoms with Crippen molar-refractivity contribution < 1.29 is 0 Å². The summed E-state index contributed by atoms with van der Waals surface area (Å²) in [5.74, 6) is 3.90. The predicted molar refractivity (Wildman–Crippen MR) is 131 cm³/mol. The lowest BCUT2D eigenvalue weighted by molar-refractivity contribution is 0.181. The predicted octanol–water partition coefficient (Wildman–Crippen LogP) is 4.34. The zero-order chi connectivity index (χ0) is 22.5. The SMILES string of the molecule is Cc1ccc(C)n1-n1c(CCCN2CCC[C@H](C)C2)nnc1CCCN1CCC[C@H](C)C1. The van der Waals surface area contributed by atoms with Crippen molar-refractivity contribution in [1.29, 1.82) is 0 Å². The third kappa shape index (κ3) is 5.82. The van der Waals surface area contributed by atoms with Crippen molar-refractivity contribution >= 4 is 0 Å². The molecule has 0 aromatic carbocycles. The molecule has 0 bridgehead atoms. The van der Waals surface area contributed by atoms with Crippen LogP contribution in [0.4, 0.5) is 0 Å². The van der Waals surface area contributed by atoms with Gasteiger partial charge in [-0.1, -0.05) is 13.8 Å². The monoisotopic (exact) mass is 440 g/mol. The fourth-order valence-corrected chi connectivity index (χ4v) is 5.77. The maximum absolute atomic E-state index is 4.69. The third-order valence-electron chi connectivity index (χ3n) is 7.44. The smallest absolute Gasteiger partial charge is 0.153 e. The molecule has 4 heterocycles. The van der Waals surface area contributed by atoms with E-state index in [0.717, 1.165) is 49.2 Å². The van der Waals surface area contributed by atoms with E-state index in [-0.39, 0.29) is 0 Å². The summed E-state index contributed by atoms with van der Waals surface area (Å²) in [4.78, 5) is 5.28. The Morgan fingerprint density at radius 3 is 1.66 bits per heavy atom. The van der Waals surface area contributed by atoms with E-state index in [1.807, 2.05) is 0 Å². The molecule has 4 rings (SSSR count). The Morgan fingerprint density at radius 1 is 0.750 bits per heavy atom. The lowest BCUT2D eigenvalue weighted by Crippen LogP contribution is -2.35. The molecule has 0 amide bonds. The number of hydrogen-bond acceptors (Lipinski definition) is 4. The number of piperidine rings is 2. The summed E-state index contributed by atoms with van der Waals surface area (Å²) in [7, 11) is 0. The highest BCUT2D eigenvalue weighted by atomic mass is 15.5. The van der Waals surface area contributed by atoms with Crippen LogP contribution in [0.3, 0.4) is 0 Å². The van der Waals surface area contributed by atoms with E-state index in [2.05, 4.69) is 69.2 Å². The van der Waals surface area contributed by atoms with Crippen LogP contribution in [0.1, 0.15) is 75.4 Å². The van der Waals surface area contributed by atoms with E-state index in [1.165, 1.54) is 76.3 Å². The van der Waals surface area contributed by atoms with Gasteiger partial charge in [0.25, 0.3) is 0 Å². The highest BCUT2D eigenvalue weighted by molar-refractivity contribution is 5.16. The summed E-state index contributed by atoms with van der Waals surface area (Å²) >= 11 is 0. The van der Waals surface area contributed by atoms with E-state index in [0.29, 0.717) is 0 Å². The van der Waals surface area contributed by atoms with Gasteiger partial charge < -0.3 is 9.80 Å². The van der Waals surface area contributed by atoms with Gasteiger partial charge >= 0.3 is 0 Å². The largest absolute Gasteiger partial charge is 0.303 e. The van der Waals surface area contributed by atoms with Gasteiger partial charge in [-0.05, 0) is 103 Å². The Balaban J connectivity index is 1.41. The molecular weight excluding hydrogens is 396 g/mol. The van der Waals surface area contributed by atoms with Gasteiger partial charge in [-0.3, -0.25) is 4.68 Å². The lowest BCUT2D eigenvalue weighted by atomic mass is 10.00. The summed E-state index contributed by atoms with van der Waals surface area (Å²) in [6.07, 6.45) is 9.73. The topological polar surface area (TPSA) is 42.1 Å². The molecule has 2 aromatic heterocycles.